The maximum absolute atomic E-state index is 12.4. The molecular weight excluding hydrogens is 296 g/mol. The minimum atomic E-state index is -0.111. The second-order valence-electron chi connectivity index (χ2n) is 7.03. The third-order valence-corrected chi connectivity index (χ3v) is 4.78. The summed E-state index contributed by atoms with van der Waals surface area (Å²) >= 11 is 0. The van der Waals surface area contributed by atoms with E-state index < -0.39 is 0 Å². The van der Waals surface area contributed by atoms with E-state index in [-0.39, 0.29) is 11.7 Å². The number of carbonyl (C=O) groups is 1. The molecule has 2 aromatic rings. The number of aromatic hydroxyl groups is 1. The molecule has 1 aliphatic rings. The maximum atomic E-state index is 12.4. The molecule has 0 spiro atoms. The Morgan fingerprint density at radius 2 is 1.88 bits per heavy atom. The quantitative estimate of drug-likeness (QED) is 0.939. The van der Waals surface area contributed by atoms with Crippen molar-refractivity contribution in [2.24, 2.45) is 5.92 Å². The van der Waals surface area contributed by atoms with Crippen molar-refractivity contribution in [2.75, 3.05) is 0 Å². The number of fused-ring (bicyclic) bond motifs is 1. The topological polar surface area (TPSA) is 37.3 Å². The van der Waals surface area contributed by atoms with Gasteiger partial charge in [0.2, 0.25) is 0 Å². The van der Waals surface area contributed by atoms with Gasteiger partial charge in [-0.15, -0.1) is 0 Å². The first-order valence-electron chi connectivity index (χ1n) is 8.60. The van der Waals surface area contributed by atoms with Gasteiger partial charge in [-0.1, -0.05) is 55.8 Å². The van der Waals surface area contributed by atoms with Crippen LogP contribution in [0.2, 0.25) is 0 Å². The minimum absolute atomic E-state index is 0.111. The fourth-order valence-electron chi connectivity index (χ4n) is 3.24. The number of aryl methyl sites for hydroxylation is 2. The Balaban J connectivity index is 1.85. The van der Waals surface area contributed by atoms with Gasteiger partial charge in [0.05, 0.1) is 0 Å². The van der Waals surface area contributed by atoms with Crippen molar-refractivity contribution >= 4 is 17.9 Å². The van der Waals surface area contributed by atoms with Crippen molar-refractivity contribution in [2.45, 2.75) is 39.5 Å². The largest absolute Gasteiger partial charge is 0.508 e. The van der Waals surface area contributed by atoms with Crippen LogP contribution in [-0.2, 0) is 11.2 Å². The summed E-state index contributed by atoms with van der Waals surface area (Å²) in [5.41, 5.74) is 3.33. The predicted octanol–water partition coefficient (Wildman–Crippen LogP) is 3.22. The smallest absolute Gasteiger partial charge is 0.163 e. The molecule has 1 aliphatic carbocycles. The number of rotatable bonds is 4. The summed E-state index contributed by atoms with van der Waals surface area (Å²) in [6.07, 6.45) is 5.28. The number of ketones is 1. The van der Waals surface area contributed by atoms with Crippen molar-refractivity contribution in [3.05, 3.63) is 63.5 Å². The van der Waals surface area contributed by atoms with Crippen LogP contribution in [0.15, 0.2) is 36.4 Å². The van der Waals surface area contributed by atoms with Gasteiger partial charge in [0, 0.05) is 5.92 Å². The zero-order valence-corrected chi connectivity index (χ0v) is 14.5. The van der Waals surface area contributed by atoms with E-state index in [4.69, 9.17) is 0 Å². The Kier molecular flexibility index (Phi) is 4.57. The minimum Gasteiger partial charge on any atom is -0.508 e. The number of hydrogen-bond donors (Lipinski definition) is 1. The molecule has 0 radical (unpaired) electrons. The lowest BCUT2D eigenvalue weighted by molar-refractivity contribution is -0.115. The van der Waals surface area contributed by atoms with Crippen LogP contribution in [0.3, 0.4) is 0 Å². The highest BCUT2D eigenvalue weighted by Crippen LogP contribution is 2.23. The van der Waals surface area contributed by atoms with Crippen molar-refractivity contribution in [3.63, 3.8) is 0 Å². The zero-order valence-electron chi connectivity index (χ0n) is 14.5. The van der Waals surface area contributed by atoms with Crippen LogP contribution in [0.1, 0.15) is 42.9 Å². The summed E-state index contributed by atoms with van der Waals surface area (Å²) in [5, 5.41) is 12.1. The normalized spacial score (nSPS) is 16.5. The first kappa shape index (κ1) is 16.5. The predicted molar refractivity (Wildman–Crippen MR) is 98.4 cm³/mol. The molecule has 24 heavy (non-hydrogen) atoms. The molecule has 0 saturated heterocycles. The Morgan fingerprint density at radius 1 is 1.08 bits per heavy atom. The Labute approximate surface area is 143 Å². The van der Waals surface area contributed by atoms with Gasteiger partial charge in [-0.2, -0.15) is 0 Å². The van der Waals surface area contributed by atoms with Crippen LogP contribution in [-0.4, -0.2) is 10.9 Å². The third kappa shape index (κ3) is 3.43. The molecule has 1 N–H and O–H groups in total. The van der Waals surface area contributed by atoms with Gasteiger partial charge in [-0.25, -0.2) is 0 Å². The standard InChI is InChI=1S/C22H24O2/c1-14(2)16-5-6-17-13-22(24)19(12-20(17)11-16)8-7-18-10-15(3)4-9-21(18)23/h4-6,9-14,19,23H,7-8H2,1-3H3. The van der Waals surface area contributed by atoms with E-state index in [1.165, 1.54) is 5.56 Å². The maximum Gasteiger partial charge on any atom is 0.163 e. The van der Waals surface area contributed by atoms with E-state index in [2.05, 4.69) is 32.1 Å². The molecule has 0 heterocycles. The fraction of sp³-hybridized carbons (Fsp3) is 0.318. The molecule has 0 amide bonds. The molecule has 3 rings (SSSR count). The van der Waals surface area contributed by atoms with Gasteiger partial charge in [0.25, 0.3) is 0 Å². The van der Waals surface area contributed by atoms with E-state index in [1.54, 1.807) is 12.1 Å². The van der Waals surface area contributed by atoms with E-state index >= 15 is 0 Å². The van der Waals surface area contributed by atoms with Crippen LogP contribution in [0.4, 0.5) is 0 Å². The molecule has 2 nitrogen and oxygen atoms in total. The Hall–Kier alpha value is -2.35. The summed E-state index contributed by atoms with van der Waals surface area (Å²) in [7, 11) is 0. The van der Waals surface area contributed by atoms with E-state index in [0.29, 0.717) is 18.1 Å². The van der Waals surface area contributed by atoms with Crippen LogP contribution in [0.5, 0.6) is 5.75 Å². The number of phenols is 1. The monoisotopic (exact) mass is 320 g/mol. The lowest BCUT2D eigenvalue weighted by Gasteiger charge is -2.15. The van der Waals surface area contributed by atoms with E-state index in [9.17, 15) is 9.90 Å². The molecule has 1 unspecified atom stereocenters. The first-order valence-corrected chi connectivity index (χ1v) is 8.60. The van der Waals surface area contributed by atoms with Gasteiger partial charge in [-0.05, 0) is 59.4 Å². The summed E-state index contributed by atoms with van der Waals surface area (Å²) in [6.45, 7) is 6.37. The highest BCUT2D eigenvalue weighted by Gasteiger charge is 2.17. The van der Waals surface area contributed by atoms with Crippen LogP contribution in [0.25, 0.3) is 12.2 Å². The average Bonchev–Trinajstić information content (AvgIpc) is 2.55. The number of benzene rings is 2. The van der Waals surface area contributed by atoms with Gasteiger partial charge < -0.3 is 5.11 Å². The molecule has 0 saturated carbocycles. The summed E-state index contributed by atoms with van der Waals surface area (Å²) in [6, 6.07) is 12.0. The molecular formula is C22H24O2. The number of Topliss-reactive ketones (excluding diaryl/α,β-unsaturated/α-hetero) is 1. The molecule has 2 aromatic carbocycles. The number of phenolic OH excluding ortho intramolecular Hbond substituents is 1. The lowest BCUT2D eigenvalue weighted by atomic mass is 9.89. The second-order valence-corrected chi connectivity index (χ2v) is 7.03. The average molecular weight is 320 g/mol. The Bertz CT molecular complexity index is 891. The highest BCUT2D eigenvalue weighted by molar-refractivity contribution is 6.11. The van der Waals surface area contributed by atoms with Crippen LogP contribution >= 0.6 is 0 Å². The summed E-state index contributed by atoms with van der Waals surface area (Å²) < 4.78 is 0. The third-order valence-electron chi connectivity index (χ3n) is 4.78. The van der Waals surface area contributed by atoms with E-state index in [1.807, 2.05) is 25.1 Å². The Morgan fingerprint density at radius 3 is 2.62 bits per heavy atom. The van der Waals surface area contributed by atoms with Gasteiger partial charge in [-0.3, -0.25) is 4.79 Å². The van der Waals surface area contributed by atoms with Gasteiger partial charge >= 0.3 is 0 Å². The summed E-state index contributed by atoms with van der Waals surface area (Å²) in [4.78, 5) is 12.4. The first-order chi connectivity index (χ1) is 11.4. The van der Waals surface area contributed by atoms with Crippen molar-refractivity contribution in [1.29, 1.82) is 0 Å². The number of carbonyl (C=O) groups excluding carboxylic acids is 1. The highest BCUT2D eigenvalue weighted by atomic mass is 16.3. The van der Waals surface area contributed by atoms with Crippen molar-refractivity contribution < 1.29 is 9.90 Å². The van der Waals surface area contributed by atoms with Crippen molar-refractivity contribution in [1.82, 2.24) is 0 Å². The van der Waals surface area contributed by atoms with Crippen LogP contribution in [0, 0.1) is 12.8 Å². The molecule has 124 valence electrons. The number of hydrogen-bond acceptors (Lipinski definition) is 2. The SMILES string of the molecule is Cc1ccc(O)c(CCC2C=c3cc(C(C)C)ccc3=CC2=O)c1. The van der Waals surface area contributed by atoms with Crippen molar-refractivity contribution in [3.8, 4) is 5.75 Å². The zero-order chi connectivity index (χ0) is 17.3. The van der Waals surface area contributed by atoms with Gasteiger partial charge in [0.1, 0.15) is 5.75 Å². The van der Waals surface area contributed by atoms with Crippen LogP contribution < -0.4 is 10.4 Å². The molecule has 0 aliphatic heterocycles. The lowest BCUT2D eigenvalue weighted by Crippen LogP contribution is -2.33. The van der Waals surface area contributed by atoms with Gasteiger partial charge in [0.15, 0.2) is 5.78 Å². The second kappa shape index (κ2) is 6.64. The molecule has 0 bridgehead atoms. The molecule has 0 fully saturated rings. The fourth-order valence-corrected chi connectivity index (χ4v) is 3.24. The summed E-state index contributed by atoms with van der Waals surface area (Å²) in [5.74, 6) is 0.839. The molecule has 1 atom stereocenters. The molecule has 2 heteroatoms. The molecule has 0 aromatic heterocycles. The van der Waals surface area contributed by atoms with E-state index in [0.717, 1.165) is 28.0 Å².